The third-order valence-electron chi connectivity index (χ3n) is 1.70. The molecule has 2 rings (SSSR count). The van der Waals surface area contributed by atoms with Crippen LogP contribution in [0.3, 0.4) is 0 Å². The second kappa shape index (κ2) is 1.94. The summed E-state index contributed by atoms with van der Waals surface area (Å²) in [6.07, 6.45) is -1.45. The van der Waals surface area contributed by atoms with E-state index in [4.69, 9.17) is 2.74 Å². The number of ketones is 1. The highest BCUT2D eigenvalue weighted by molar-refractivity contribution is 6.00. The van der Waals surface area contributed by atoms with Crippen LogP contribution in [0.15, 0.2) is 24.3 Å². The molecule has 0 saturated carbocycles. The summed E-state index contributed by atoms with van der Waals surface area (Å²) in [6, 6.07) is 7.08. The summed E-state index contributed by atoms with van der Waals surface area (Å²) in [6.45, 7) is 0. The molecule has 0 heterocycles. The van der Waals surface area contributed by atoms with Crippen molar-refractivity contribution in [1.82, 2.24) is 0 Å². The van der Waals surface area contributed by atoms with Crippen LogP contribution in [0.5, 0.6) is 0 Å². The number of Topliss-reactive ketones (excluding diaryl/α,β-unsaturated/α-hetero) is 1. The summed E-state index contributed by atoms with van der Waals surface area (Å²) in [5.41, 5.74) is 1.37. The minimum absolute atomic E-state index is 0.224. The number of carbonyl (C=O) groups excluding carboxylic acids is 1. The SMILES string of the molecule is [2H]C1([2H])Cc2ccccc2C1=O. The van der Waals surface area contributed by atoms with Crippen LogP contribution in [0.1, 0.15) is 25.0 Å². The van der Waals surface area contributed by atoms with E-state index < -0.39 is 6.37 Å². The molecule has 0 aliphatic heterocycles. The minimum atomic E-state index is -1.68. The first-order valence-electron chi connectivity index (χ1n) is 4.24. The van der Waals surface area contributed by atoms with Crippen molar-refractivity contribution < 1.29 is 7.54 Å². The molecule has 1 aliphatic rings. The summed E-state index contributed by atoms with van der Waals surface area (Å²) >= 11 is 0. The van der Waals surface area contributed by atoms with E-state index in [2.05, 4.69) is 0 Å². The Morgan fingerprint density at radius 1 is 1.40 bits per heavy atom. The van der Waals surface area contributed by atoms with Gasteiger partial charge in [0.15, 0.2) is 5.78 Å². The number of benzene rings is 1. The fraction of sp³-hybridized carbons (Fsp3) is 0.222. The molecule has 0 N–H and O–H groups in total. The highest BCUT2D eigenvalue weighted by Gasteiger charge is 2.17. The molecular formula is C9H8O. The van der Waals surface area contributed by atoms with E-state index >= 15 is 0 Å². The Kier molecular flexibility index (Phi) is 0.760. The van der Waals surface area contributed by atoms with Crippen LogP contribution < -0.4 is 0 Å². The summed E-state index contributed by atoms with van der Waals surface area (Å²) < 4.78 is 14.8. The van der Waals surface area contributed by atoms with Crippen molar-refractivity contribution in [2.45, 2.75) is 12.8 Å². The summed E-state index contributed by atoms with van der Waals surface area (Å²) in [5, 5.41) is 0. The monoisotopic (exact) mass is 134 g/mol. The van der Waals surface area contributed by atoms with Crippen molar-refractivity contribution in [3.63, 3.8) is 0 Å². The second-order valence-corrected chi connectivity index (χ2v) is 2.34. The number of hydrogen-bond donors (Lipinski definition) is 0. The van der Waals surface area contributed by atoms with E-state index in [0.29, 0.717) is 5.56 Å². The largest absolute Gasteiger partial charge is 0.294 e. The molecule has 0 saturated heterocycles. The Balaban J connectivity index is 2.57. The van der Waals surface area contributed by atoms with Gasteiger partial charge in [0.1, 0.15) is 0 Å². The van der Waals surface area contributed by atoms with Crippen LogP contribution in [0, 0.1) is 0 Å². The highest BCUT2D eigenvalue weighted by Crippen LogP contribution is 2.20. The van der Waals surface area contributed by atoms with Gasteiger partial charge in [0.25, 0.3) is 0 Å². The molecule has 0 aromatic heterocycles. The Morgan fingerprint density at radius 2 is 2.20 bits per heavy atom. The van der Waals surface area contributed by atoms with Gasteiger partial charge in [-0.05, 0) is 12.0 Å². The van der Waals surface area contributed by atoms with Gasteiger partial charge in [-0.2, -0.15) is 0 Å². The summed E-state index contributed by atoms with van der Waals surface area (Å²) in [5.74, 6) is -0.377. The van der Waals surface area contributed by atoms with Gasteiger partial charge in [0.05, 0.1) is 0 Å². The molecule has 50 valence electrons. The Bertz CT molecular complexity index is 344. The molecule has 1 heteroatoms. The third kappa shape index (κ3) is 0.670. The molecule has 0 unspecified atom stereocenters. The molecule has 0 amide bonds. The molecule has 0 spiro atoms. The molecule has 1 aromatic rings. The van der Waals surface area contributed by atoms with Crippen LogP contribution in [0.4, 0.5) is 0 Å². The molecule has 0 atom stereocenters. The second-order valence-electron chi connectivity index (χ2n) is 2.34. The first-order chi connectivity index (χ1) is 5.61. The lowest BCUT2D eigenvalue weighted by Crippen LogP contribution is -1.88. The molecule has 0 fully saturated rings. The summed E-state index contributed by atoms with van der Waals surface area (Å²) in [7, 11) is 0. The number of fused-ring (bicyclic) bond motifs is 1. The van der Waals surface area contributed by atoms with Crippen LogP contribution in [0.2, 0.25) is 0 Å². The lowest BCUT2D eigenvalue weighted by molar-refractivity contribution is 0.0994. The van der Waals surface area contributed by atoms with E-state index in [1.165, 1.54) is 0 Å². The van der Waals surface area contributed by atoms with Crippen molar-refractivity contribution in [2.24, 2.45) is 0 Å². The molecule has 0 bridgehead atoms. The first-order valence-corrected chi connectivity index (χ1v) is 3.24. The van der Waals surface area contributed by atoms with Crippen LogP contribution in [0.25, 0.3) is 0 Å². The quantitative estimate of drug-likeness (QED) is 0.529. The van der Waals surface area contributed by atoms with Gasteiger partial charge >= 0.3 is 0 Å². The molecular weight excluding hydrogens is 124 g/mol. The zero-order valence-electron chi connectivity index (χ0n) is 7.42. The van der Waals surface area contributed by atoms with E-state index in [1.54, 1.807) is 18.2 Å². The number of aryl methyl sites for hydroxylation is 1. The Hall–Kier alpha value is -1.11. The lowest BCUT2D eigenvalue weighted by atomic mass is 10.1. The van der Waals surface area contributed by atoms with Crippen LogP contribution >= 0.6 is 0 Å². The smallest absolute Gasteiger partial charge is 0.163 e. The number of rotatable bonds is 0. The Labute approximate surface area is 62.5 Å². The molecule has 0 radical (unpaired) electrons. The molecule has 10 heavy (non-hydrogen) atoms. The maximum Gasteiger partial charge on any atom is 0.163 e. The van der Waals surface area contributed by atoms with E-state index in [-0.39, 0.29) is 12.2 Å². The van der Waals surface area contributed by atoms with Crippen molar-refractivity contribution >= 4 is 5.78 Å². The van der Waals surface area contributed by atoms with Crippen LogP contribution in [-0.2, 0) is 6.42 Å². The van der Waals surface area contributed by atoms with Gasteiger partial charge < -0.3 is 0 Å². The van der Waals surface area contributed by atoms with Gasteiger partial charge in [-0.15, -0.1) is 0 Å². The molecule has 1 aromatic carbocycles. The topological polar surface area (TPSA) is 17.1 Å². The highest BCUT2D eigenvalue weighted by atomic mass is 16.1. The normalized spacial score (nSPS) is 23.4. The molecule has 1 nitrogen and oxygen atoms in total. The van der Waals surface area contributed by atoms with Gasteiger partial charge in [0, 0.05) is 14.7 Å². The average Bonchev–Trinajstić information content (AvgIpc) is 2.24. The minimum Gasteiger partial charge on any atom is -0.294 e. The fourth-order valence-corrected chi connectivity index (χ4v) is 1.17. The predicted molar refractivity (Wildman–Crippen MR) is 39.1 cm³/mol. The van der Waals surface area contributed by atoms with Crippen LogP contribution in [-0.4, -0.2) is 5.78 Å². The van der Waals surface area contributed by atoms with Gasteiger partial charge in [-0.25, -0.2) is 0 Å². The van der Waals surface area contributed by atoms with E-state index in [0.717, 1.165) is 5.56 Å². The van der Waals surface area contributed by atoms with Gasteiger partial charge in [-0.3, -0.25) is 4.79 Å². The fourth-order valence-electron chi connectivity index (χ4n) is 1.17. The lowest BCUT2D eigenvalue weighted by Gasteiger charge is -1.92. The third-order valence-corrected chi connectivity index (χ3v) is 1.70. The van der Waals surface area contributed by atoms with Crippen molar-refractivity contribution in [3.8, 4) is 0 Å². The zero-order chi connectivity index (χ0) is 8.77. The average molecular weight is 134 g/mol. The number of hydrogen-bond acceptors (Lipinski definition) is 1. The summed E-state index contributed by atoms with van der Waals surface area (Å²) in [4.78, 5) is 11.3. The van der Waals surface area contributed by atoms with E-state index in [1.807, 2.05) is 6.07 Å². The predicted octanol–water partition coefficient (Wildman–Crippen LogP) is 1.82. The first kappa shape index (κ1) is 3.91. The Morgan fingerprint density at radius 3 is 3.00 bits per heavy atom. The maximum absolute atomic E-state index is 11.3. The van der Waals surface area contributed by atoms with Crippen molar-refractivity contribution in [3.05, 3.63) is 35.4 Å². The zero-order valence-corrected chi connectivity index (χ0v) is 5.42. The van der Waals surface area contributed by atoms with Crippen molar-refractivity contribution in [2.75, 3.05) is 0 Å². The van der Waals surface area contributed by atoms with E-state index in [9.17, 15) is 4.79 Å². The standard InChI is InChI=1S/C9H8O/c10-9-6-5-7-3-1-2-4-8(7)9/h1-4H,5-6H2/i6D2. The molecule has 1 aliphatic carbocycles. The maximum atomic E-state index is 11.3. The number of carbonyl (C=O) groups is 1. The van der Waals surface area contributed by atoms with Gasteiger partial charge in [0.2, 0.25) is 0 Å². The van der Waals surface area contributed by atoms with Crippen molar-refractivity contribution in [1.29, 1.82) is 0 Å². The van der Waals surface area contributed by atoms with Gasteiger partial charge in [-0.1, -0.05) is 24.3 Å².